The van der Waals surface area contributed by atoms with Crippen molar-refractivity contribution in [1.82, 2.24) is 0 Å². The van der Waals surface area contributed by atoms with Crippen LogP contribution in [0, 0.1) is 13.5 Å². The van der Waals surface area contributed by atoms with Gasteiger partial charge in [0.1, 0.15) is 17.6 Å². The smallest absolute Gasteiger partial charge is 0.267 e. The van der Waals surface area contributed by atoms with Gasteiger partial charge in [0.2, 0.25) is 14.8 Å². The Labute approximate surface area is 153 Å². The minimum Gasteiger partial charge on any atom is -0.458 e. The van der Waals surface area contributed by atoms with Crippen molar-refractivity contribution < 1.29 is 31.4 Å². The van der Waals surface area contributed by atoms with Gasteiger partial charge in [-0.3, -0.25) is 0 Å². The van der Waals surface area contributed by atoms with Crippen LogP contribution in [-0.2, 0) is 9.84 Å². The third kappa shape index (κ3) is 2.85. The molecule has 0 fully saturated rings. The average molecular weight is 397 g/mol. The second-order valence-corrected chi connectivity index (χ2v) is 8.54. The molecule has 142 valence electrons. The van der Waals surface area contributed by atoms with Crippen molar-refractivity contribution >= 4 is 15.5 Å². The number of aliphatic hydroxyl groups is 1. The highest BCUT2D eigenvalue weighted by Crippen LogP contribution is 2.53. The molecule has 2 aromatic carbocycles. The first kappa shape index (κ1) is 19.2. The number of hydrogen-bond acceptors (Lipinski definition) is 4. The molecule has 0 saturated carbocycles. The number of alkyl halides is 3. The highest BCUT2D eigenvalue weighted by Gasteiger charge is 2.57. The molecule has 0 saturated heterocycles. The number of aryl methyl sites for hydroxylation is 1. The zero-order chi connectivity index (χ0) is 20.1. The number of aliphatic hydroxyl groups excluding tert-OH is 1. The van der Waals surface area contributed by atoms with E-state index in [2.05, 4.69) is 4.85 Å². The first-order valence-electron chi connectivity index (χ1n) is 7.74. The van der Waals surface area contributed by atoms with Crippen LogP contribution in [0.3, 0.4) is 0 Å². The van der Waals surface area contributed by atoms with Gasteiger partial charge in [-0.25, -0.2) is 26.4 Å². The third-order valence-electron chi connectivity index (χ3n) is 4.39. The van der Waals surface area contributed by atoms with Crippen LogP contribution in [0.15, 0.2) is 35.2 Å². The monoisotopic (exact) mass is 397 g/mol. The van der Waals surface area contributed by atoms with Gasteiger partial charge in [0.15, 0.2) is 5.69 Å². The van der Waals surface area contributed by atoms with Gasteiger partial charge in [0.05, 0.1) is 17.0 Å². The molecule has 2 atom stereocenters. The minimum atomic E-state index is -4.64. The molecule has 0 radical (unpaired) electrons. The molecule has 27 heavy (non-hydrogen) atoms. The summed E-state index contributed by atoms with van der Waals surface area (Å²) in [5.41, 5.74) is -0.720. The molecular weight excluding hydrogens is 383 g/mol. The van der Waals surface area contributed by atoms with Gasteiger partial charge in [0.25, 0.3) is 6.43 Å². The van der Waals surface area contributed by atoms with Gasteiger partial charge in [-0.05, 0) is 38.1 Å². The fraction of sp³-hybridized carbons (Fsp3) is 0.278. The summed E-state index contributed by atoms with van der Waals surface area (Å²) in [6.07, 6.45) is -5.50. The van der Waals surface area contributed by atoms with Gasteiger partial charge < -0.3 is 9.84 Å². The fourth-order valence-electron chi connectivity index (χ4n) is 3.03. The first-order valence-corrected chi connectivity index (χ1v) is 9.22. The third-order valence-corrected chi connectivity index (χ3v) is 6.60. The SMILES string of the molecule is [C-]#[N+]c1cc(C)cc(Oc2ccc3c(c2C(F)F)[C@@H](O)C(C)(F)S3(=O)=O)c1. The first-order chi connectivity index (χ1) is 12.5. The number of hydrogen-bond donors (Lipinski definition) is 1. The second kappa shape index (κ2) is 6.25. The fourth-order valence-corrected chi connectivity index (χ4v) is 4.63. The standard InChI is InChI=1S/C18H14F3NO4S/c1-9-6-10(22-3)8-11(7-9)26-12-4-5-13-15(14(12)17(19)20)16(23)18(2,21)27(13,24)25/h4-8,16-17,23H,1-2H3/t16-,18?/m1/s1. The molecule has 1 N–H and O–H groups in total. The number of nitrogens with zero attached hydrogens (tertiary/aromatic N) is 1. The normalized spacial score (nSPS) is 23.1. The second-order valence-electron chi connectivity index (χ2n) is 6.30. The number of sulfone groups is 1. The summed E-state index contributed by atoms with van der Waals surface area (Å²) in [4.78, 5) is 2.57. The molecule has 1 aliphatic rings. The molecule has 0 amide bonds. The van der Waals surface area contributed by atoms with Gasteiger partial charge in [-0.1, -0.05) is 11.6 Å². The maximum atomic E-state index is 14.6. The van der Waals surface area contributed by atoms with Crippen LogP contribution in [0.2, 0.25) is 0 Å². The molecule has 9 heteroatoms. The molecule has 2 aromatic rings. The lowest BCUT2D eigenvalue weighted by Crippen LogP contribution is -2.30. The Hall–Kier alpha value is -2.57. The number of rotatable bonds is 3. The van der Waals surface area contributed by atoms with Crippen LogP contribution in [0.4, 0.5) is 18.9 Å². The summed E-state index contributed by atoms with van der Waals surface area (Å²) in [6, 6.07) is 6.33. The van der Waals surface area contributed by atoms with E-state index in [1.54, 1.807) is 13.0 Å². The number of ether oxygens (including phenoxy) is 1. The predicted octanol–water partition coefficient (Wildman–Crippen LogP) is 4.78. The van der Waals surface area contributed by atoms with Crippen molar-refractivity contribution in [3.05, 3.63) is 58.4 Å². The summed E-state index contributed by atoms with van der Waals surface area (Å²) in [7, 11) is -4.64. The van der Waals surface area contributed by atoms with E-state index in [1.807, 2.05) is 0 Å². The molecule has 5 nitrogen and oxygen atoms in total. The molecule has 3 rings (SSSR count). The van der Waals surface area contributed by atoms with E-state index < -0.39 is 49.1 Å². The Bertz CT molecular complexity index is 1070. The molecular formula is C18H14F3NO4S. The van der Waals surface area contributed by atoms with Crippen molar-refractivity contribution in [2.24, 2.45) is 0 Å². The van der Waals surface area contributed by atoms with E-state index >= 15 is 0 Å². The molecule has 1 heterocycles. The Morgan fingerprint density at radius 2 is 1.96 bits per heavy atom. The van der Waals surface area contributed by atoms with E-state index in [0.717, 1.165) is 12.1 Å². The van der Waals surface area contributed by atoms with E-state index in [1.165, 1.54) is 12.1 Å². The molecule has 0 aliphatic carbocycles. The summed E-state index contributed by atoms with van der Waals surface area (Å²) in [5.74, 6) is -0.335. The summed E-state index contributed by atoms with van der Waals surface area (Å²) < 4.78 is 72.0. The molecule has 1 unspecified atom stereocenters. The van der Waals surface area contributed by atoms with Gasteiger partial charge in [-0.15, -0.1) is 0 Å². The molecule has 0 aromatic heterocycles. The van der Waals surface area contributed by atoms with Gasteiger partial charge in [-0.2, -0.15) is 0 Å². The van der Waals surface area contributed by atoms with Crippen LogP contribution in [0.5, 0.6) is 11.5 Å². The van der Waals surface area contributed by atoms with Crippen molar-refractivity contribution in [1.29, 1.82) is 0 Å². The van der Waals surface area contributed by atoms with Crippen molar-refractivity contribution in [2.45, 2.75) is 36.3 Å². The van der Waals surface area contributed by atoms with Crippen molar-refractivity contribution in [3.63, 3.8) is 0 Å². The summed E-state index contributed by atoms with van der Waals surface area (Å²) >= 11 is 0. The Morgan fingerprint density at radius 1 is 1.30 bits per heavy atom. The van der Waals surface area contributed by atoms with E-state index in [0.29, 0.717) is 12.5 Å². The molecule has 0 bridgehead atoms. The topological polar surface area (TPSA) is 68.0 Å². The number of fused-ring (bicyclic) bond motifs is 1. The van der Waals surface area contributed by atoms with Crippen molar-refractivity contribution in [3.8, 4) is 11.5 Å². The zero-order valence-electron chi connectivity index (χ0n) is 14.2. The average Bonchev–Trinajstić information content (AvgIpc) is 2.71. The van der Waals surface area contributed by atoms with Crippen molar-refractivity contribution in [2.75, 3.05) is 0 Å². The highest BCUT2D eigenvalue weighted by molar-refractivity contribution is 7.93. The molecule has 0 spiro atoms. The van der Waals surface area contributed by atoms with Crippen LogP contribution < -0.4 is 4.74 Å². The van der Waals surface area contributed by atoms with Crippen LogP contribution in [0.25, 0.3) is 4.85 Å². The maximum Gasteiger partial charge on any atom is 0.267 e. The van der Waals surface area contributed by atoms with E-state index in [4.69, 9.17) is 11.3 Å². The molecule has 1 aliphatic heterocycles. The van der Waals surface area contributed by atoms with Gasteiger partial charge in [0, 0.05) is 5.56 Å². The predicted molar refractivity (Wildman–Crippen MR) is 90.6 cm³/mol. The van der Waals surface area contributed by atoms with E-state index in [9.17, 15) is 26.7 Å². The van der Waals surface area contributed by atoms with E-state index in [-0.39, 0.29) is 11.4 Å². The largest absolute Gasteiger partial charge is 0.458 e. The quantitative estimate of drug-likeness (QED) is 0.757. The van der Waals surface area contributed by atoms with Crippen LogP contribution in [0.1, 0.15) is 36.1 Å². The lowest BCUT2D eigenvalue weighted by molar-refractivity contribution is 0.0596. The van der Waals surface area contributed by atoms with Crippen LogP contribution >= 0.6 is 0 Å². The Morgan fingerprint density at radius 3 is 2.56 bits per heavy atom. The highest BCUT2D eigenvalue weighted by atomic mass is 32.2. The summed E-state index contributed by atoms with van der Waals surface area (Å²) in [5, 5.41) is 6.98. The zero-order valence-corrected chi connectivity index (χ0v) is 15.0. The summed E-state index contributed by atoms with van der Waals surface area (Å²) in [6.45, 7) is 9.36. The Balaban J connectivity index is 2.20. The number of halogens is 3. The van der Waals surface area contributed by atoms with Crippen LogP contribution in [-0.4, -0.2) is 18.5 Å². The number of benzene rings is 2. The van der Waals surface area contributed by atoms with Gasteiger partial charge >= 0.3 is 0 Å². The lowest BCUT2D eigenvalue weighted by atomic mass is 9.99. The Kier molecular flexibility index (Phi) is 4.44. The maximum absolute atomic E-state index is 14.6. The minimum absolute atomic E-state index is 0.0844. The lowest BCUT2D eigenvalue weighted by Gasteiger charge is -2.19.